The predicted octanol–water partition coefficient (Wildman–Crippen LogP) is 3.29. The van der Waals surface area contributed by atoms with Crippen LogP contribution >= 0.6 is 0 Å². The number of ether oxygens (including phenoxy) is 1. The summed E-state index contributed by atoms with van der Waals surface area (Å²) >= 11 is 0. The Hall–Kier alpha value is -3.34. The molecule has 1 aliphatic heterocycles. The van der Waals surface area contributed by atoms with Gasteiger partial charge in [0.2, 0.25) is 0 Å². The molecular formula is C21H17NO4. The van der Waals surface area contributed by atoms with Crippen LogP contribution < -0.4 is 4.90 Å². The summed E-state index contributed by atoms with van der Waals surface area (Å²) in [5.41, 5.74) is 2.03. The maximum atomic E-state index is 12.4. The largest absolute Gasteiger partial charge is 0.506 e. The van der Waals surface area contributed by atoms with Gasteiger partial charge in [-0.1, -0.05) is 48.5 Å². The summed E-state index contributed by atoms with van der Waals surface area (Å²) in [5.74, 6) is -1.12. The van der Waals surface area contributed by atoms with Crippen molar-refractivity contribution in [3.63, 3.8) is 0 Å². The highest BCUT2D eigenvalue weighted by molar-refractivity contribution is 6.03. The molecule has 1 N–H and O–H groups in total. The van der Waals surface area contributed by atoms with Crippen molar-refractivity contribution in [2.45, 2.75) is 6.42 Å². The molecule has 4 rings (SSSR count). The number of phenolic OH excluding ortho intramolecular Hbond substituents is 1. The minimum Gasteiger partial charge on any atom is -0.506 e. The first-order valence-corrected chi connectivity index (χ1v) is 8.41. The molecule has 0 radical (unpaired) electrons. The molecule has 0 unspecified atom stereocenters. The zero-order valence-corrected chi connectivity index (χ0v) is 14.0. The molecule has 26 heavy (non-hydrogen) atoms. The zero-order chi connectivity index (χ0) is 18.1. The monoisotopic (exact) mass is 347 g/mol. The number of esters is 1. The van der Waals surface area contributed by atoms with Crippen LogP contribution in [0.2, 0.25) is 0 Å². The number of hydrogen-bond donors (Lipinski definition) is 1. The fourth-order valence-corrected chi connectivity index (χ4v) is 3.30. The van der Waals surface area contributed by atoms with E-state index in [0.29, 0.717) is 11.9 Å². The molecule has 0 atom stereocenters. The molecule has 1 amide bonds. The Morgan fingerprint density at radius 1 is 1.00 bits per heavy atom. The SMILES string of the molecule is O=C(OCC(=O)N1CCc2ccccc21)c1ccc2ccccc2c1O. The third-order valence-electron chi connectivity index (χ3n) is 4.64. The Labute approximate surface area is 150 Å². The third kappa shape index (κ3) is 2.77. The van der Waals surface area contributed by atoms with Gasteiger partial charge in [0, 0.05) is 17.6 Å². The van der Waals surface area contributed by atoms with Crippen molar-refractivity contribution >= 4 is 28.3 Å². The van der Waals surface area contributed by atoms with Crippen molar-refractivity contribution in [2.75, 3.05) is 18.1 Å². The summed E-state index contributed by atoms with van der Waals surface area (Å²) in [6, 6.07) is 18.2. The number of phenols is 1. The summed E-state index contributed by atoms with van der Waals surface area (Å²) in [6.45, 7) is 0.219. The van der Waals surface area contributed by atoms with Gasteiger partial charge in [-0.3, -0.25) is 4.79 Å². The van der Waals surface area contributed by atoms with Gasteiger partial charge in [0.1, 0.15) is 11.3 Å². The molecule has 5 nitrogen and oxygen atoms in total. The van der Waals surface area contributed by atoms with Gasteiger partial charge in [0.15, 0.2) is 6.61 Å². The zero-order valence-electron chi connectivity index (χ0n) is 14.0. The molecule has 0 aromatic heterocycles. The van der Waals surface area contributed by atoms with E-state index in [1.807, 2.05) is 36.4 Å². The fourth-order valence-electron chi connectivity index (χ4n) is 3.30. The lowest BCUT2D eigenvalue weighted by atomic mass is 10.1. The summed E-state index contributed by atoms with van der Waals surface area (Å²) in [5, 5.41) is 11.7. The molecule has 0 saturated heterocycles. The van der Waals surface area contributed by atoms with Crippen molar-refractivity contribution in [1.29, 1.82) is 0 Å². The van der Waals surface area contributed by atoms with E-state index in [4.69, 9.17) is 4.74 Å². The second kappa shape index (κ2) is 6.52. The average molecular weight is 347 g/mol. The van der Waals surface area contributed by atoms with Gasteiger partial charge >= 0.3 is 5.97 Å². The van der Waals surface area contributed by atoms with Gasteiger partial charge in [-0.05, 0) is 29.5 Å². The van der Waals surface area contributed by atoms with Crippen LogP contribution in [-0.4, -0.2) is 30.1 Å². The van der Waals surface area contributed by atoms with Gasteiger partial charge in [0.05, 0.1) is 0 Å². The number of carbonyl (C=O) groups is 2. The maximum absolute atomic E-state index is 12.4. The quantitative estimate of drug-likeness (QED) is 0.738. The Morgan fingerprint density at radius 3 is 2.65 bits per heavy atom. The molecule has 1 heterocycles. The van der Waals surface area contributed by atoms with Gasteiger partial charge < -0.3 is 14.7 Å². The van der Waals surface area contributed by atoms with E-state index < -0.39 is 5.97 Å². The van der Waals surface area contributed by atoms with Crippen molar-refractivity contribution in [2.24, 2.45) is 0 Å². The topological polar surface area (TPSA) is 66.8 Å². The average Bonchev–Trinajstić information content (AvgIpc) is 3.10. The second-order valence-electron chi connectivity index (χ2n) is 6.18. The number of nitrogens with zero attached hydrogens (tertiary/aromatic N) is 1. The molecule has 3 aromatic carbocycles. The van der Waals surface area contributed by atoms with Crippen molar-refractivity contribution < 1.29 is 19.4 Å². The molecular weight excluding hydrogens is 330 g/mol. The number of benzene rings is 3. The minimum atomic E-state index is -0.714. The Bertz CT molecular complexity index is 1010. The van der Waals surface area contributed by atoms with E-state index in [1.54, 1.807) is 23.1 Å². The van der Waals surface area contributed by atoms with Crippen LogP contribution in [0, 0.1) is 0 Å². The van der Waals surface area contributed by atoms with E-state index in [2.05, 4.69) is 0 Å². The number of fused-ring (bicyclic) bond motifs is 2. The van der Waals surface area contributed by atoms with Gasteiger partial charge in [-0.2, -0.15) is 0 Å². The number of rotatable bonds is 3. The smallest absolute Gasteiger partial charge is 0.342 e. The molecule has 130 valence electrons. The van der Waals surface area contributed by atoms with E-state index in [-0.39, 0.29) is 23.8 Å². The molecule has 0 bridgehead atoms. The number of anilines is 1. The summed E-state index contributed by atoms with van der Waals surface area (Å²) in [7, 11) is 0. The van der Waals surface area contributed by atoms with Crippen LogP contribution in [0.5, 0.6) is 5.75 Å². The van der Waals surface area contributed by atoms with Crippen LogP contribution in [0.1, 0.15) is 15.9 Å². The molecule has 0 saturated carbocycles. The first-order chi connectivity index (χ1) is 12.6. The predicted molar refractivity (Wildman–Crippen MR) is 98.4 cm³/mol. The summed E-state index contributed by atoms with van der Waals surface area (Å²) in [4.78, 5) is 26.4. The van der Waals surface area contributed by atoms with Crippen LogP contribution in [0.4, 0.5) is 5.69 Å². The molecule has 0 aliphatic carbocycles. The highest BCUT2D eigenvalue weighted by Gasteiger charge is 2.25. The molecule has 1 aliphatic rings. The van der Waals surface area contributed by atoms with Crippen LogP contribution in [0.25, 0.3) is 10.8 Å². The number of hydrogen-bond acceptors (Lipinski definition) is 4. The van der Waals surface area contributed by atoms with Crippen molar-refractivity contribution in [1.82, 2.24) is 0 Å². The van der Waals surface area contributed by atoms with Crippen LogP contribution in [0.3, 0.4) is 0 Å². The highest BCUT2D eigenvalue weighted by atomic mass is 16.5. The normalized spacial score (nSPS) is 12.8. The first-order valence-electron chi connectivity index (χ1n) is 8.41. The van der Waals surface area contributed by atoms with Crippen molar-refractivity contribution in [3.05, 3.63) is 71.8 Å². The second-order valence-corrected chi connectivity index (χ2v) is 6.18. The minimum absolute atomic E-state index is 0.0540. The summed E-state index contributed by atoms with van der Waals surface area (Å²) in [6.07, 6.45) is 0.793. The number of amides is 1. The van der Waals surface area contributed by atoms with E-state index in [1.165, 1.54) is 6.07 Å². The van der Waals surface area contributed by atoms with Crippen LogP contribution in [-0.2, 0) is 16.0 Å². The number of para-hydroxylation sites is 1. The number of carbonyl (C=O) groups excluding carboxylic acids is 2. The lowest BCUT2D eigenvalue weighted by Gasteiger charge is -2.17. The fraction of sp³-hybridized carbons (Fsp3) is 0.143. The third-order valence-corrected chi connectivity index (χ3v) is 4.64. The summed E-state index contributed by atoms with van der Waals surface area (Å²) < 4.78 is 5.16. The number of aromatic hydroxyl groups is 1. The lowest BCUT2D eigenvalue weighted by molar-refractivity contribution is -0.121. The highest BCUT2D eigenvalue weighted by Crippen LogP contribution is 2.30. The van der Waals surface area contributed by atoms with Gasteiger partial charge in [0.25, 0.3) is 5.91 Å². The van der Waals surface area contributed by atoms with E-state index >= 15 is 0 Å². The Balaban J connectivity index is 1.48. The standard InChI is InChI=1S/C21H17NO4/c23-19(22-12-11-15-6-2-4-8-18(15)22)13-26-21(25)17-10-9-14-5-1-3-7-16(14)20(17)24/h1-10,24H,11-13H2. The molecule has 0 spiro atoms. The maximum Gasteiger partial charge on any atom is 0.342 e. The van der Waals surface area contributed by atoms with Gasteiger partial charge in [-0.15, -0.1) is 0 Å². The Kier molecular flexibility index (Phi) is 4.05. The molecule has 3 aromatic rings. The molecule has 0 fully saturated rings. The van der Waals surface area contributed by atoms with Crippen molar-refractivity contribution in [3.8, 4) is 5.75 Å². The lowest BCUT2D eigenvalue weighted by Crippen LogP contribution is -2.33. The first kappa shape index (κ1) is 16.1. The van der Waals surface area contributed by atoms with Gasteiger partial charge in [-0.25, -0.2) is 4.79 Å². The van der Waals surface area contributed by atoms with Crippen LogP contribution in [0.15, 0.2) is 60.7 Å². The van der Waals surface area contributed by atoms with E-state index in [9.17, 15) is 14.7 Å². The Morgan fingerprint density at radius 2 is 1.77 bits per heavy atom. The molecule has 5 heteroatoms. The van der Waals surface area contributed by atoms with E-state index in [0.717, 1.165) is 23.1 Å².